The Morgan fingerprint density at radius 1 is 1.70 bits per heavy atom. The number of carboxylic acid groups (broad SMARTS) is 1. The molecule has 0 aromatic heterocycles. The van der Waals surface area contributed by atoms with Crippen LogP contribution in [-0.2, 0) is 4.79 Å². The zero-order valence-electron chi connectivity index (χ0n) is 5.82. The van der Waals surface area contributed by atoms with Gasteiger partial charge in [-0.15, -0.1) is 0 Å². The molecule has 0 bridgehead atoms. The summed E-state index contributed by atoms with van der Waals surface area (Å²) < 4.78 is 0. The zero-order valence-corrected chi connectivity index (χ0v) is 5.82. The first-order valence-electron chi connectivity index (χ1n) is 3.26. The van der Waals surface area contributed by atoms with E-state index in [9.17, 15) is 4.79 Å². The summed E-state index contributed by atoms with van der Waals surface area (Å²) in [5, 5.41) is 17.3. The van der Waals surface area contributed by atoms with Gasteiger partial charge in [-0.05, 0) is 6.92 Å². The second-order valence-corrected chi connectivity index (χ2v) is 2.62. The number of β-amino-alcohol motifs (C(OH)–C–C–N with tert-alkyl or cyclic N) is 1. The van der Waals surface area contributed by atoms with Crippen LogP contribution in [0.4, 0.5) is 0 Å². The molecule has 0 radical (unpaired) electrons. The quantitative estimate of drug-likeness (QED) is 0.530. The molecule has 1 aliphatic heterocycles. The highest BCUT2D eigenvalue weighted by atomic mass is 16.4. The SMILES string of the molecule is C[C@H](C(=O)O)N1CC(O)C1. The maximum atomic E-state index is 10.3. The Balaban J connectivity index is 2.31. The number of rotatable bonds is 2. The summed E-state index contributed by atoms with van der Waals surface area (Å²) in [6.07, 6.45) is -0.318. The predicted molar refractivity (Wildman–Crippen MR) is 34.7 cm³/mol. The largest absolute Gasteiger partial charge is 0.480 e. The van der Waals surface area contributed by atoms with Gasteiger partial charge in [0, 0.05) is 13.1 Å². The average Bonchev–Trinajstić information content (AvgIpc) is 1.79. The van der Waals surface area contributed by atoms with Crippen LogP contribution in [0, 0.1) is 0 Å². The van der Waals surface area contributed by atoms with Crippen LogP contribution in [0.1, 0.15) is 6.92 Å². The third-order valence-corrected chi connectivity index (χ3v) is 1.80. The Labute approximate surface area is 59.1 Å². The third-order valence-electron chi connectivity index (χ3n) is 1.80. The molecule has 0 aromatic carbocycles. The highest BCUT2D eigenvalue weighted by molar-refractivity contribution is 5.73. The molecule has 10 heavy (non-hydrogen) atoms. The molecule has 1 aliphatic rings. The van der Waals surface area contributed by atoms with Gasteiger partial charge < -0.3 is 10.2 Å². The van der Waals surface area contributed by atoms with Gasteiger partial charge in [-0.1, -0.05) is 0 Å². The second-order valence-electron chi connectivity index (χ2n) is 2.62. The van der Waals surface area contributed by atoms with E-state index >= 15 is 0 Å². The van der Waals surface area contributed by atoms with Crippen molar-refractivity contribution in [2.75, 3.05) is 13.1 Å². The molecule has 1 saturated heterocycles. The minimum atomic E-state index is -0.827. The molecular weight excluding hydrogens is 134 g/mol. The number of aliphatic hydroxyl groups is 1. The van der Waals surface area contributed by atoms with E-state index in [1.54, 1.807) is 11.8 Å². The van der Waals surface area contributed by atoms with Crippen molar-refractivity contribution in [3.63, 3.8) is 0 Å². The van der Waals surface area contributed by atoms with Gasteiger partial charge in [0.15, 0.2) is 0 Å². The lowest BCUT2D eigenvalue weighted by atomic mass is 10.1. The molecule has 2 N–H and O–H groups in total. The lowest BCUT2D eigenvalue weighted by Crippen LogP contribution is -2.56. The topological polar surface area (TPSA) is 60.8 Å². The molecule has 4 heteroatoms. The third kappa shape index (κ3) is 1.27. The Morgan fingerprint density at radius 2 is 2.20 bits per heavy atom. The lowest BCUT2D eigenvalue weighted by molar-refractivity contribution is -0.147. The lowest BCUT2D eigenvalue weighted by Gasteiger charge is -2.38. The summed E-state index contributed by atoms with van der Waals surface area (Å²) in [5.74, 6) is -0.827. The Hall–Kier alpha value is -0.610. The summed E-state index contributed by atoms with van der Waals surface area (Å²) in [6, 6.07) is -0.455. The molecule has 0 aromatic rings. The molecular formula is C6H11NO3. The van der Waals surface area contributed by atoms with Gasteiger partial charge in [-0.3, -0.25) is 9.69 Å². The van der Waals surface area contributed by atoms with Crippen molar-refractivity contribution in [2.24, 2.45) is 0 Å². The van der Waals surface area contributed by atoms with E-state index in [1.807, 2.05) is 0 Å². The Morgan fingerprint density at radius 3 is 2.50 bits per heavy atom. The predicted octanol–water partition coefficient (Wildman–Crippen LogP) is -0.864. The Kier molecular flexibility index (Phi) is 1.92. The molecule has 0 spiro atoms. The standard InChI is InChI=1S/C6H11NO3/c1-4(6(9)10)7-2-5(8)3-7/h4-5,8H,2-3H2,1H3,(H,9,10)/t4-/m1/s1. The van der Waals surface area contributed by atoms with Crippen LogP contribution in [0.3, 0.4) is 0 Å². The van der Waals surface area contributed by atoms with Crippen LogP contribution in [-0.4, -0.2) is 46.3 Å². The van der Waals surface area contributed by atoms with Gasteiger partial charge in [0.2, 0.25) is 0 Å². The molecule has 1 fully saturated rings. The van der Waals surface area contributed by atoms with Gasteiger partial charge in [0.1, 0.15) is 6.04 Å². The highest BCUT2D eigenvalue weighted by Gasteiger charge is 2.31. The maximum absolute atomic E-state index is 10.3. The first-order valence-corrected chi connectivity index (χ1v) is 3.26. The van der Waals surface area contributed by atoms with Gasteiger partial charge in [-0.25, -0.2) is 0 Å². The first-order chi connectivity index (χ1) is 4.61. The summed E-state index contributed by atoms with van der Waals surface area (Å²) in [6.45, 7) is 2.61. The summed E-state index contributed by atoms with van der Waals surface area (Å²) >= 11 is 0. The fraction of sp³-hybridized carbons (Fsp3) is 0.833. The van der Waals surface area contributed by atoms with E-state index in [1.165, 1.54) is 0 Å². The number of aliphatic hydroxyl groups excluding tert-OH is 1. The monoisotopic (exact) mass is 145 g/mol. The minimum Gasteiger partial charge on any atom is -0.480 e. The minimum absolute atomic E-state index is 0.318. The molecule has 4 nitrogen and oxygen atoms in total. The highest BCUT2D eigenvalue weighted by Crippen LogP contribution is 2.11. The average molecular weight is 145 g/mol. The molecule has 0 amide bonds. The molecule has 0 aliphatic carbocycles. The van der Waals surface area contributed by atoms with Crippen molar-refractivity contribution in [1.29, 1.82) is 0 Å². The van der Waals surface area contributed by atoms with Crippen molar-refractivity contribution < 1.29 is 15.0 Å². The van der Waals surface area contributed by atoms with Crippen LogP contribution in [0.5, 0.6) is 0 Å². The summed E-state index contributed by atoms with van der Waals surface area (Å²) in [5.41, 5.74) is 0. The summed E-state index contributed by atoms with van der Waals surface area (Å²) in [7, 11) is 0. The van der Waals surface area contributed by atoms with Gasteiger partial charge in [-0.2, -0.15) is 0 Å². The van der Waals surface area contributed by atoms with Gasteiger partial charge >= 0.3 is 5.97 Å². The van der Waals surface area contributed by atoms with Crippen LogP contribution in [0.15, 0.2) is 0 Å². The normalized spacial score (nSPS) is 23.8. The molecule has 58 valence electrons. The fourth-order valence-electron chi connectivity index (χ4n) is 0.960. The van der Waals surface area contributed by atoms with Crippen LogP contribution >= 0.6 is 0 Å². The first kappa shape index (κ1) is 7.50. The van der Waals surface area contributed by atoms with E-state index in [-0.39, 0.29) is 6.10 Å². The number of carbonyl (C=O) groups is 1. The van der Waals surface area contributed by atoms with Crippen molar-refractivity contribution in [2.45, 2.75) is 19.1 Å². The van der Waals surface area contributed by atoms with E-state index in [0.29, 0.717) is 13.1 Å². The number of hydrogen-bond acceptors (Lipinski definition) is 3. The maximum Gasteiger partial charge on any atom is 0.320 e. The number of carboxylic acids is 1. The van der Waals surface area contributed by atoms with Crippen molar-refractivity contribution in [1.82, 2.24) is 4.90 Å². The van der Waals surface area contributed by atoms with E-state index in [2.05, 4.69) is 0 Å². The smallest absolute Gasteiger partial charge is 0.320 e. The number of likely N-dealkylation sites (tertiary alicyclic amines) is 1. The molecule has 0 saturated carbocycles. The summed E-state index contributed by atoms with van der Waals surface area (Å²) in [4.78, 5) is 12.0. The number of hydrogen-bond donors (Lipinski definition) is 2. The molecule has 1 rings (SSSR count). The van der Waals surface area contributed by atoms with E-state index < -0.39 is 12.0 Å². The van der Waals surface area contributed by atoms with Crippen LogP contribution in [0.2, 0.25) is 0 Å². The molecule has 0 unspecified atom stereocenters. The molecule has 1 atom stereocenters. The van der Waals surface area contributed by atoms with Crippen molar-refractivity contribution in [3.8, 4) is 0 Å². The van der Waals surface area contributed by atoms with E-state index in [0.717, 1.165) is 0 Å². The number of nitrogens with zero attached hydrogens (tertiary/aromatic N) is 1. The van der Waals surface area contributed by atoms with Crippen molar-refractivity contribution in [3.05, 3.63) is 0 Å². The second kappa shape index (κ2) is 2.56. The van der Waals surface area contributed by atoms with E-state index in [4.69, 9.17) is 10.2 Å². The van der Waals surface area contributed by atoms with Crippen LogP contribution in [0.25, 0.3) is 0 Å². The van der Waals surface area contributed by atoms with Gasteiger partial charge in [0.05, 0.1) is 6.10 Å². The number of aliphatic carboxylic acids is 1. The Bertz CT molecular complexity index is 142. The molecule has 1 heterocycles. The van der Waals surface area contributed by atoms with Crippen molar-refractivity contribution >= 4 is 5.97 Å². The fourth-order valence-corrected chi connectivity index (χ4v) is 0.960. The van der Waals surface area contributed by atoms with Gasteiger partial charge in [0.25, 0.3) is 0 Å². The zero-order chi connectivity index (χ0) is 7.72. The van der Waals surface area contributed by atoms with Crippen LogP contribution < -0.4 is 0 Å².